The zero-order valence-electron chi connectivity index (χ0n) is 17.7. The summed E-state index contributed by atoms with van der Waals surface area (Å²) in [6, 6.07) is 11.4. The molecule has 1 aliphatic heterocycles. The summed E-state index contributed by atoms with van der Waals surface area (Å²) in [6.07, 6.45) is 4.04. The van der Waals surface area contributed by atoms with Crippen LogP contribution in [0.15, 0.2) is 48.7 Å². The smallest absolute Gasteiger partial charge is 0.247 e. The first-order valence-electron chi connectivity index (χ1n) is 10.7. The number of nitrogens with zero attached hydrogens (tertiary/aromatic N) is 8. The molecule has 3 aromatic heterocycles. The van der Waals surface area contributed by atoms with E-state index >= 15 is 0 Å². The zero-order chi connectivity index (χ0) is 22.1. The Labute approximate surface area is 183 Å². The Kier molecular flexibility index (Phi) is 5.34. The zero-order valence-corrected chi connectivity index (χ0v) is 17.7. The first kappa shape index (κ1) is 20.2. The molecule has 1 aromatic carbocycles. The second kappa shape index (κ2) is 8.45. The maximum Gasteiger partial charge on any atom is 0.247 e. The Morgan fingerprint density at radius 3 is 2.91 bits per heavy atom. The number of aromatic nitrogens is 7. The Hall–Kier alpha value is -3.69. The van der Waals surface area contributed by atoms with E-state index in [0.29, 0.717) is 25.3 Å². The van der Waals surface area contributed by atoms with Crippen LogP contribution in [0.3, 0.4) is 0 Å². The van der Waals surface area contributed by atoms with Gasteiger partial charge in [-0.15, -0.1) is 15.3 Å². The highest BCUT2D eigenvalue weighted by Crippen LogP contribution is 2.28. The number of carbonyl (C=O) groups is 1. The standard InChI is InChI=1S/C22H23FN8O/c1-15-24-27-28-31(15)19(13-16-6-4-8-18(23)12-16)22(32)29-10-5-7-17(14-29)21-26-25-20-9-2-3-11-30(20)21/h2-4,6,8-9,11-12,17,19H,5,7,10,13-14H2,1H3. The Morgan fingerprint density at radius 2 is 2.09 bits per heavy atom. The van der Waals surface area contributed by atoms with Crippen LogP contribution in [0, 0.1) is 12.7 Å². The van der Waals surface area contributed by atoms with Gasteiger partial charge in [0.15, 0.2) is 5.65 Å². The Bertz CT molecular complexity index is 1250. The molecule has 0 radical (unpaired) electrons. The van der Waals surface area contributed by atoms with Crippen molar-refractivity contribution in [2.45, 2.75) is 38.1 Å². The Morgan fingerprint density at radius 1 is 1.19 bits per heavy atom. The van der Waals surface area contributed by atoms with Gasteiger partial charge in [-0.25, -0.2) is 9.07 Å². The molecule has 0 aliphatic carbocycles. The maximum atomic E-state index is 13.8. The lowest BCUT2D eigenvalue weighted by Crippen LogP contribution is -2.44. The van der Waals surface area contributed by atoms with Crippen LogP contribution >= 0.6 is 0 Å². The lowest BCUT2D eigenvalue weighted by atomic mass is 9.95. The molecule has 164 valence electrons. The van der Waals surface area contributed by atoms with Gasteiger partial charge in [0, 0.05) is 31.6 Å². The number of pyridine rings is 1. The summed E-state index contributed by atoms with van der Waals surface area (Å²) in [5, 5.41) is 20.4. The maximum absolute atomic E-state index is 13.8. The van der Waals surface area contributed by atoms with E-state index < -0.39 is 6.04 Å². The van der Waals surface area contributed by atoms with E-state index in [9.17, 15) is 9.18 Å². The van der Waals surface area contributed by atoms with E-state index in [0.717, 1.165) is 29.9 Å². The van der Waals surface area contributed by atoms with Crippen LogP contribution in [0.1, 0.15) is 42.0 Å². The summed E-state index contributed by atoms with van der Waals surface area (Å²) < 4.78 is 17.3. The van der Waals surface area contributed by atoms with Crippen molar-refractivity contribution in [2.75, 3.05) is 13.1 Å². The van der Waals surface area contributed by atoms with Crippen molar-refractivity contribution in [3.05, 3.63) is 71.7 Å². The van der Waals surface area contributed by atoms with Gasteiger partial charge in [0.25, 0.3) is 0 Å². The highest BCUT2D eigenvalue weighted by molar-refractivity contribution is 5.81. The molecule has 4 heterocycles. The van der Waals surface area contributed by atoms with Crippen molar-refractivity contribution < 1.29 is 9.18 Å². The van der Waals surface area contributed by atoms with E-state index in [1.807, 2.05) is 39.8 Å². The fraction of sp³-hybridized carbons (Fsp3) is 0.364. The molecule has 1 saturated heterocycles. The van der Waals surface area contributed by atoms with Crippen molar-refractivity contribution in [1.82, 2.24) is 39.7 Å². The fourth-order valence-corrected chi connectivity index (χ4v) is 4.43. The lowest BCUT2D eigenvalue weighted by Gasteiger charge is -2.34. The van der Waals surface area contributed by atoms with Crippen LogP contribution in [-0.4, -0.2) is 58.7 Å². The monoisotopic (exact) mass is 434 g/mol. The minimum Gasteiger partial charge on any atom is -0.340 e. The number of aryl methyl sites for hydroxylation is 1. The van der Waals surface area contributed by atoms with E-state index in [4.69, 9.17) is 0 Å². The number of benzene rings is 1. The van der Waals surface area contributed by atoms with Crippen LogP contribution in [0.4, 0.5) is 4.39 Å². The first-order valence-corrected chi connectivity index (χ1v) is 10.7. The van der Waals surface area contributed by atoms with Gasteiger partial charge in [-0.05, 0) is 60.0 Å². The van der Waals surface area contributed by atoms with Crippen molar-refractivity contribution in [2.24, 2.45) is 0 Å². The van der Waals surface area contributed by atoms with Gasteiger partial charge in [-0.3, -0.25) is 9.20 Å². The molecule has 1 fully saturated rings. The summed E-state index contributed by atoms with van der Waals surface area (Å²) in [4.78, 5) is 15.5. The molecule has 0 bridgehead atoms. The molecule has 32 heavy (non-hydrogen) atoms. The minimum atomic E-state index is -0.652. The predicted octanol–water partition coefficient (Wildman–Crippen LogP) is 2.35. The number of rotatable bonds is 5. The number of carbonyl (C=O) groups excluding carboxylic acids is 1. The second-order valence-electron chi connectivity index (χ2n) is 8.13. The number of amides is 1. The fourth-order valence-electron chi connectivity index (χ4n) is 4.43. The number of halogens is 1. The molecule has 1 amide bonds. The second-order valence-corrected chi connectivity index (χ2v) is 8.13. The van der Waals surface area contributed by atoms with Crippen LogP contribution in [0.2, 0.25) is 0 Å². The van der Waals surface area contributed by atoms with E-state index in [1.165, 1.54) is 16.8 Å². The SMILES string of the molecule is Cc1nnnn1C(Cc1cccc(F)c1)C(=O)N1CCCC(c2nnc3ccccn23)C1. The summed E-state index contributed by atoms with van der Waals surface area (Å²) in [5.74, 6) is 1.06. The summed E-state index contributed by atoms with van der Waals surface area (Å²) in [5.41, 5.74) is 1.51. The van der Waals surface area contributed by atoms with Gasteiger partial charge in [-0.2, -0.15) is 0 Å². The molecule has 1 aliphatic rings. The van der Waals surface area contributed by atoms with E-state index in [2.05, 4.69) is 25.7 Å². The molecule has 4 aromatic rings. The largest absolute Gasteiger partial charge is 0.340 e. The van der Waals surface area contributed by atoms with E-state index in [1.54, 1.807) is 13.0 Å². The molecule has 10 heteroatoms. The highest BCUT2D eigenvalue weighted by atomic mass is 19.1. The number of piperidine rings is 1. The topological polar surface area (TPSA) is 94.1 Å². The van der Waals surface area contributed by atoms with Crippen LogP contribution in [-0.2, 0) is 11.2 Å². The molecule has 5 rings (SSSR count). The molecule has 9 nitrogen and oxygen atoms in total. The number of hydrogen-bond acceptors (Lipinski definition) is 6. The third kappa shape index (κ3) is 3.83. The summed E-state index contributed by atoms with van der Waals surface area (Å²) in [7, 11) is 0. The minimum absolute atomic E-state index is 0.0786. The molecule has 2 unspecified atom stereocenters. The summed E-state index contributed by atoms with van der Waals surface area (Å²) in [6.45, 7) is 2.94. The molecule has 0 saturated carbocycles. The normalized spacial score (nSPS) is 17.6. The van der Waals surface area contributed by atoms with E-state index in [-0.39, 0.29) is 17.6 Å². The van der Waals surface area contributed by atoms with Crippen LogP contribution < -0.4 is 0 Å². The number of tetrazole rings is 1. The molecular weight excluding hydrogens is 411 g/mol. The third-order valence-electron chi connectivity index (χ3n) is 5.99. The van der Waals surface area contributed by atoms with Crippen LogP contribution in [0.5, 0.6) is 0 Å². The molecular formula is C22H23FN8O. The van der Waals surface area contributed by atoms with Gasteiger partial charge >= 0.3 is 0 Å². The van der Waals surface area contributed by atoms with Gasteiger partial charge in [-0.1, -0.05) is 18.2 Å². The van der Waals surface area contributed by atoms with Crippen LogP contribution in [0.25, 0.3) is 5.65 Å². The third-order valence-corrected chi connectivity index (χ3v) is 5.99. The van der Waals surface area contributed by atoms with Crippen molar-refractivity contribution >= 4 is 11.6 Å². The molecule has 0 N–H and O–H groups in total. The number of likely N-dealkylation sites (tertiary alicyclic amines) is 1. The molecule has 2 atom stereocenters. The van der Waals surface area contributed by atoms with Gasteiger partial charge in [0.05, 0.1) is 0 Å². The average Bonchev–Trinajstić information content (AvgIpc) is 3.43. The summed E-state index contributed by atoms with van der Waals surface area (Å²) >= 11 is 0. The number of fused-ring (bicyclic) bond motifs is 1. The van der Waals surface area contributed by atoms with Gasteiger partial charge in [0.2, 0.25) is 5.91 Å². The van der Waals surface area contributed by atoms with Crippen molar-refractivity contribution in [1.29, 1.82) is 0 Å². The van der Waals surface area contributed by atoms with Crippen molar-refractivity contribution in [3.63, 3.8) is 0 Å². The predicted molar refractivity (Wildman–Crippen MR) is 113 cm³/mol. The van der Waals surface area contributed by atoms with Gasteiger partial charge < -0.3 is 4.90 Å². The number of hydrogen-bond donors (Lipinski definition) is 0. The average molecular weight is 434 g/mol. The highest BCUT2D eigenvalue weighted by Gasteiger charge is 2.33. The Balaban J connectivity index is 1.42. The lowest BCUT2D eigenvalue weighted by molar-refractivity contribution is -0.136. The van der Waals surface area contributed by atoms with Crippen molar-refractivity contribution in [3.8, 4) is 0 Å². The molecule has 0 spiro atoms. The first-order chi connectivity index (χ1) is 15.6. The van der Waals surface area contributed by atoms with Gasteiger partial charge in [0.1, 0.15) is 23.5 Å². The quantitative estimate of drug-likeness (QED) is 0.479.